The monoisotopic (exact) mass is 340 g/mol. The molecular formula is C21H28N2O2. The van der Waals surface area contributed by atoms with Gasteiger partial charge in [0.2, 0.25) is 0 Å². The van der Waals surface area contributed by atoms with Crippen LogP contribution in [-0.4, -0.2) is 23.6 Å². The van der Waals surface area contributed by atoms with Crippen molar-refractivity contribution in [2.24, 2.45) is 23.2 Å². The summed E-state index contributed by atoms with van der Waals surface area (Å²) in [4.78, 5) is 16.5. The predicted octanol–water partition coefficient (Wildman–Crippen LogP) is 3.49. The van der Waals surface area contributed by atoms with Gasteiger partial charge in [-0.1, -0.05) is 19.1 Å². The van der Waals surface area contributed by atoms with Crippen molar-refractivity contribution in [3.8, 4) is 0 Å². The molecule has 5 atom stereocenters. The number of carbonyl (C=O) groups is 1. The quantitative estimate of drug-likeness (QED) is 0.673. The van der Waals surface area contributed by atoms with Crippen LogP contribution >= 0.6 is 0 Å². The van der Waals surface area contributed by atoms with Crippen LogP contribution in [0.15, 0.2) is 36.7 Å². The highest BCUT2D eigenvalue weighted by molar-refractivity contribution is 5.75. The number of rotatable bonds is 4. The van der Waals surface area contributed by atoms with Gasteiger partial charge in [-0.25, -0.2) is 0 Å². The number of nitrogens with one attached hydrogen (secondary N) is 1. The van der Waals surface area contributed by atoms with Gasteiger partial charge in [0.25, 0.3) is 0 Å². The third-order valence-corrected chi connectivity index (χ3v) is 6.76. The number of fused-ring (bicyclic) bond motifs is 2. The molecule has 0 bridgehead atoms. The Kier molecular flexibility index (Phi) is 4.40. The molecule has 1 saturated heterocycles. The molecule has 4 heteroatoms. The van der Waals surface area contributed by atoms with Crippen LogP contribution in [0.2, 0.25) is 0 Å². The number of aromatic nitrogens is 1. The second kappa shape index (κ2) is 6.56. The molecule has 3 fully saturated rings. The minimum absolute atomic E-state index is 0.00918. The van der Waals surface area contributed by atoms with E-state index in [0.29, 0.717) is 18.4 Å². The normalized spacial score (nSPS) is 37.3. The lowest BCUT2D eigenvalue weighted by molar-refractivity contribution is -0.146. The number of hydrogen-bond acceptors (Lipinski definition) is 4. The fourth-order valence-corrected chi connectivity index (χ4v) is 5.36. The molecule has 134 valence electrons. The molecule has 2 saturated carbocycles. The fraction of sp³-hybridized carbons (Fsp3) is 0.619. The maximum atomic E-state index is 12.5. The summed E-state index contributed by atoms with van der Waals surface area (Å²) in [5, 5.41) is 3.45. The van der Waals surface area contributed by atoms with E-state index < -0.39 is 0 Å². The second-order valence-corrected chi connectivity index (χ2v) is 8.39. The summed E-state index contributed by atoms with van der Waals surface area (Å²) in [6.45, 7) is 8.19. The highest BCUT2D eigenvalue weighted by atomic mass is 16.6. The van der Waals surface area contributed by atoms with Crippen molar-refractivity contribution in [3.63, 3.8) is 0 Å². The topological polar surface area (TPSA) is 51.2 Å². The Hall–Kier alpha value is -1.68. The molecule has 2 aliphatic carbocycles. The van der Waals surface area contributed by atoms with E-state index in [4.69, 9.17) is 4.74 Å². The van der Waals surface area contributed by atoms with Gasteiger partial charge < -0.3 is 10.1 Å². The molecule has 4 nitrogen and oxygen atoms in total. The van der Waals surface area contributed by atoms with Gasteiger partial charge in [-0.15, -0.1) is 0 Å². The lowest BCUT2D eigenvalue weighted by Crippen LogP contribution is -2.45. The number of hydrogen-bond donors (Lipinski definition) is 1. The first-order valence-corrected chi connectivity index (χ1v) is 9.54. The number of ether oxygens (including phenoxy) is 1. The molecule has 2 heterocycles. The summed E-state index contributed by atoms with van der Waals surface area (Å²) in [6, 6.07) is 4.00. The smallest absolute Gasteiger partial charge is 0.310 e. The SMILES string of the molecule is C=C1CCC[C@]2(C)C[C@H]3OC(=O)[C@H](CNCc4ccncc4)[C@@H]3C[C@@H]12. The van der Waals surface area contributed by atoms with Crippen LogP contribution in [0.25, 0.3) is 0 Å². The molecule has 1 aromatic heterocycles. The van der Waals surface area contributed by atoms with Crippen LogP contribution in [0.3, 0.4) is 0 Å². The maximum Gasteiger partial charge on any atom is 0.310 e. The summed E-state index contributed by atoms with van der Waals surface area (Å²) >= 11 is 0. The van der Waals surface area contributed by atoms with E-state index in [1.54, 1.807) is 12.4 Å². The number of carbonyl (C=O) groups excluding carboxylic acids is 1. The molecule has 0 aromatic carbocycles. The molecule has 0 unspecified atom stereocenters. The molecule has 3 aliphatic rings. The fourth-order valence-electron chi connectivity index (χ4n) is 5.36. The molecule has 25 heavy (non-hydrogen) atoms. The summed E-state index contributed by atoms with van der Waals surface area (Å²) in [5.74, 6) is 0.862. The molecule has 0 amide bonds. The summed E-state index contributed by atoms with van der Waals surface area (Å²) < 4.78 is 5.81. The first-order chi connectivity index (χ1) is 12.1. The van der Waals surface area contributed by atoms with E-state index in [1.807, 2.05) is 12.1 Å². The largest absolute Gasteiger partial charge is 0.462 e. The van der Waals surface area contributed by atoms with Gasteiger partial charge in [-0.3, -0.25) is 9.78 Å². The predicted molar refractivity (Wildman–Crippen MR) is 96.6 cm³/mol. The van der Waals surface area contributed by atoms with E-state index in [0.717, 1.165) is 25.8 Å². The highest BCUT2D eigenvalue weighted by Crippen LogP contribution is 2.56. The van der Waals surface area contributed by atoms with Gasteiger partial charge in [0, 0.05) is 31.4 Å². The Morgan fingerprint density at radius 3 is 3.00 bits per heavy atom. The van der Waals surface area contributed by atoms with Crippen LogP contribution in [0, 0.1) is 23.2 Å². The summed E-state index contributed by atoms with van der Waals surface area (Å²) in [6.07, 6.45) is 9.39. The zero-order valence-electron chi connectivity index (χ0n) is 15.0. The van der Waals surface area contributed by atoms with Crippen molar-refractivity contribution in [3.05, 3.63) is 42.2 Å². The molecule has 0 spiro atoms. The van der Waals surface area contributed by atoms with Gasteiger partial charge in [0.05, 0.1) is 5.92 Å². The van der Waals surface area contributed by atoms with E-state index in [2.05, 4.69) is 23.8 Å². The van der Waals surface area contributed by atoms with Crippen LogP contribution in [0.5, 0.6) is 0 Å². The van der Waals surface area contributed by atoms with E-state index >= 15 is 0 Å². The van der Waals surface area contributed by atoms with Crippen molar-refractivity contribution in [1.82, 2.24) is 10.3 Å². The number of esters is 1. The maximum absolute atomic E-state index is 12.5. The zero-order chi connectivity index (χ0) is 17.4. The highest BCUT2D eigenvalue weighted by Gasteiger charge is 2.54. The number of pyridine rings is 1. The Balaban J connectivity index is 1.42. The Morgan fingerprint density at radius 2 is 2.20 bits per heavy atom. The molecule has 0 radical (unpaired) electrons. The van der Waals surface area contributed by atoms with Gasteiger partial charge in [-0.2, -0.15) is 0 Å². The van der Waals surface area contributed by atoms with E-state index in [1.165, 1.54) is 24.0 Å². The number of nitrogens with zero attached hydrogens (tertiary/aromatic N) is 1. The van der Waals surface area contributed by atoms with Gasteiger partial charge in [-0.05, 0) is 61.1 Å². The lowest BCUT2D eigenvalue weighted by Gasteiger charge is -2.50. The molecule has 1 aliphatic heterocycles. The zero-order valence-corrected chi connectivity index (χ0v) is 15.0. The van der Waals surface area contributed by atoms with Crippen LogP contribution in [0.4, 0.5) is 0 Å². The molecular weight excluding hydrogens is 312 g/mol. The van der Waals surface area contributed by atoms with Gasteiger partial charge >= 0.3 is 5.97 Å². The Bertz CT molecular complexity index is 659. The molecule has 4 rings (SSSR count). The molecule has 1 N–H and O–H groups in total. The van der Waals surface area contributed by atoms with E-state index in [9.17, 15) is 4.79 Å². The third-order valence-electron chi connectivity index (χ3n) is 6.76. The lowest BCUT2D eigenvalue weighted by atomic mass is 9.55. The van der Waals surface area contributed by atoms with Crippen LogP contribution in [0.1, 0.15) is 44.6 Å². The first kappa shape index (κ1) is 16.8. The van der Waals surface area contributed by atoms with Crippen molar-refractivity contribution < 1.29 is 9.53 Å². The van der Waals surface area contributed by atoms with Crippen LogP contribution < -0.4 is 5.32 Å². The summed E-state index contributed by atoms with van der Waals surface area (Å²) in [7, 11) is 0. The minimum atomic E-state index is -0.0221. The van der Waals surface area contributed by atoms with Gasteiger partial charge in [0.15, 0.2) is 0 Å². The average Bonchev–Trinajstić information content (AvgIpc) is 2.88. The Morgan fingerprint density at radius 1 is 1.40 bits per heavy atom. The van der Waals surface area contributed by atoms with Crippen molar-refractivity contribution in [2.45, 2.75) is 51.7 Å². The summed E-state index contributed by atoms with van der Waals surface area (Å²) in [5.41, 5.74) is 2.86. The minimum Gasteiger partial charge on any atom is -0.462 e. The Labute approximate surface area is 150 Å². The first-order valence-electron chi connectivity index (χ1n) is 9.54. The van der Waals surface area contributed by atoms with Crippen molar-refractivity contribution in [1.29, 1.82) is 0 Å². The van der Waals surface area contributed by atoms with Gasteiger partial charge in [0.1, 0.15) is 6.10 Å². The average molecular weight is 340 g/mol. The molecule has 1 aromatic rings. The second-order valence-electron chi connectivity index (χ2n) is 8.39. The number of allylic oxidation sites excluding steroid dienone is 1. The third kappa shape index (κ3) is 3.12. The van der Waals surface area contributed by atoms with Crippen molar-refractivity contribution >= 4 is 5.97 Å². The van der Waals surface area contributed by atoms with Crippen molar-refractivity contribution in [2.75, 3.05) is 6.54 Å². The van der Waals surface area contributed by atoms with E-state index in [-0.39, 0.29) is 23.4 Å². The standard InChI is InChI=1S/C21H28N2O2/c1-14-4-3-7-21(2)11-19-16(10-18(14)21)17(20(24)25-19)13-23-12-15-5-8-22-9-6-15/h5-6,8-9,16-19,23H,1,3-4,7,10-13H2,2H3/t16-,17+,18-,19+,21+/m0/s1. The van der Waals surface area contributed by atoms with Crippen LogP contribution in [-0.2, 0) is 16.1 Å².